The predicted molar refractivity (Wildman–Crippen MR) is 138 cm³/mol. The van der Waals surface area contributed by atoms with Gasteiger partial charge >= 0.3 is 0 Å². The summed E-state index contributed by atoms with van der Waals surface area (Å²) < 4.78 is 10.8. The van der Waals surface area contributed by atoms with E-state index >= 15 is 0 Å². The van der Waals surface area contributed by atoms with Gasteiger partial charge in [0.05, 0.1) is 23.7 Å². The number of primary amides is 1. The second-order valence-corrected chi connectivity index (χ2v) is 8.78. The minimum atomic E-state index is -0.580. The predicted octanol–water partition coefficient (Wildman–Crippen LogP) is 4.92. The van der Waals surface area contributed by atoms with Gasteiger partial charge in [-0.3, -0.25) is 14.5 Å². The van der Waals surface area contributed by atoms with Crippen molar-refractivity contribution in [2.75, 3.05) is 13.7 Å². The maximum atomic E-state index is 13.6. The SMILES string of the molecule is COc1cc(/C=C2/SC(=Nc3ccccc3)N([C@H](C)c3ccccc3)C2=O)ccc1OCC(N)=O. The molecular formula is C27H25N3O4S. The van der Waals surface area contributed by atoms with E-state index in [2.05, 4.69) is 0 Å². The normalized spacial score (nSPS) is 16.5. The number of carbonyl (C=O) groups is 2. The van der Waals surface area contributed by atoms with Crippen LogP contribution in [0.2, 0.25) is 0 Å². The zero-order valence-electron chi connectivity index (χ0n) is 19.4. The van der Waals surface area contributed by atoms with Crippen LogP contribution < -0.4 is 15.2 Å². The van der Waals surface area contributed by atoms with Crippen molar-refractivity contribution < 1.29 is 19.1 Å². The van der Waals surface area contributed by atoms with Crippen LogP contribution in [0.5, 0.6) is 11.5 Å². The number of carbonyl (C=O) groups excluding carboxylic acids is 2. The molecule has 0 unspecified atom stereocenters. The number of thioether (sulfide) groups is 1. The number of amidine groups is 1. The monoisotopic (exact) mass is 487 g/mol. The number of hydrogen-bond donors (Lipinski definition) is 1. The Kier molecular flexibility index (Phi) is 7.52. The molecule has 1 heterocycles. The summed E-state index contributed by atoms with van der Waals surface area (Å²) in [6.45, 7) is 1.74. The highest BCUT2D eigenvalue weighted by Gasteiger charge is 2.37. The van der Waals surface area contributed by atoms with Crippen LogP contribution in [-0.2, 0) is 9.59 Å². The van der Waals surface area contributed by atoms with Crippen molar-refractivity contribution in [2.24, 2.45) is 10.7 Å². The van der Waals surface area contributed by atoms with Crippen LogP contribution in [0.3, 0.4) is 0 Å². The van der Waals surface area contributed by atoms with Gasteiger partial charge in [0.15, 0.2) is 23.3 Å². The molecule has 3 aromatic rings. The Bertz CT molecular complexity index is 1280. The van der Waals surface area contributed by atoms with Crippen molar-refractivity contribution in [3.63, 3.8) is 0 Å². The van der Waals surface area contributed by atoms with Crippen LogP contribution in [0.4, 0.5) is 5.69 Å². The number of hydrogen-bond acceptors (Lipinski definition) is 6. The van der Waals surface area contributed by atoms with Gasteiger partial charge in [0.25, 0.3) is 11.8 Å². The summed E-state index contributed by atoms with van der Waals surface area (Å²) in [5, 5.41) is 0.608. The lowest BCUT2D eigenvalue weighted by Gasteiger charge is -2.24. The number of rotatable bonds is 8. The molecule has 0 aromatic heterocycles. The molecule has 0 spiro atoms. The highest BCUT2D eigenvalue weighted by Crippen LogP contribution is 2.40. The highest BCUT2D eigenvalue weighted by atomic mass is 32.2. The first-order chi connectivity index (χ1) is 17.0. The molecule has 1 fully saturated rings. The first-order valence-electron chi connectivity index (χ1n) is 11.0. The molecule has 2 N–H and O–H groups in total. The lowest BCUT2D eigenvalue weighted by Crippen LogP contribution is -2.32. The van der Waals surface area contributed by atoms with E-state index in [1.807, 2.05) is 67.6 Å². The van der Waals surface area contributed by atoms with Gasteiger partial charge in [-0.05, 0) is 60.2 Å². The Labute approximate surface area is 208 Å². The van der Waals surface area contributed by atoms with E-state index in [4.69, 9.17) is 20.2 Å². The largest absolute Gasteiger partial charge is 0.493 e. The minimum absolute atomic E-state index is 0.131. The summed E-state index contributed by atoms with van der Waals surface area (Å²) in [6.07, 6.45) is 1.80. The molecule has 4 rings (SSSR count). The first kappa shape index (κ1) is 24.1. The highest BCUT2D eigenvalue weighted by molar-refractivity contribution is 8.18. The molecule has 0 bridgehead atoms. The molecule has 7 nitrogen and oxygen atoms in total. The number of amides is 2. The smallest absolute Gasteiger partial charge is 0.267 e. The van der Waals surface area contributed by atoms with Gasteiger partial charge in [-0.15, -0.1) is 0 Å². The number of aliphatic imine (C=N–C) groups is 1. The third-order valence-electron chi connectivity index (χ3n) is 5.34. The zero-order valence-corrected chi connectivity index (χ0v) is 20.2. The van der Waals surface area contributed by atoms with E-state index in [-0.39, 0.29) is 18.6 Å². The van der Waals surface area contributed by atoms with Gasteiger partial charge in [0, 0.05) is 0 Å². The van der Waals surface area contributed by atoms with E-state index in [1.54, 1.807) is 29.2 Å². The van der Waals surface area contributed by atoms with Crippen LogP contribution in [0.15, 0.2) is 88.8 Å². The third kappa shape index (κ3) is 5.73. The van der Waals surface area contributed by atoms with Crippen molar-refractivity contribution in [3.8, 4) is 11.5 Å². The van der Waals surface area contributed by atoms with Crippen LogP contribution >= 0.6 is 11.8 Å². The fraction of sp³-hybridized carbons (Fsp3) is 0.148. The number of benzene rings is 3. The molecule has 8 heteroatoms. The van der Waals surface area contributed by atoms with Gasteiger partial charge in [-0.25, -0.2) is 4.99 Å². The molecule has 1 saturated heterocycles. The number of nitrogens with zero attached hydrogens (tertiary/aromatic N) is 2. The summed E-state index contributed by atoms with van der Waals surface area (Å²) in [7, 11) is 1.51. The van der Waals surface area contributed by atoms with E-state index < -0.39 is 5.91 Å². The number of para-hydroxylation sites is 1. The average Bonchev–Trinajstić information content (AvgIpc) is 3.17. The number of ether oxygens (including phenoxy) is 2. The summed E-state index contributed by atoms with van der Waals surface area (Å²) >= 11 is 1.33. The van der Waals surface area contributed by atoms with Crippen molar-refractivity contribution in [1.29, 1.82) is 0 Å². The molecule has 1 atom stereocenters. The van der Waals surface area contributed by atoms with Crippen molar-refractivity contribution >= 4 is 40.5 Å². The summed E-state index contributed by atoms with van der Waals surface area (Å²) in [6, 6.07) is 24.4. The van der Waals surface area contributed by atoms with E-state index in [1.165, 1.54) is 18.9 Å². The van der Waals surface area contributed by atoms with Crippen LogP contribution in [-0.4, -0.2) is 35.6 Å². The van der Waals surface area contributed by atoms with Crippen LogP contribution in [0.1, 0.15) is 24.1 Å². The maximum Gasteiger partial charge on any atom is 0.267 e. The number of methoxy groups -OCH3 is 1. The summed E-state index contributed by atoms with van der Waals surface area (Å²) in [5.74, 6) is 0.117. The van der Waals surface area contributed by atoms with Crippen molar-refractivity contribution in [1.82, 2.24) is 4.90 Å². The maximum absolute atomic E-state index is 13.6. The molecule has 0 saturated carbocycles. The van der Waals surface area contributed by atoms with Crippen molar-refractivity contribution in [2.45, 2.75) is 13.0 Å². The summed E-state index contributed by atoms with van der Waals surface area (Å²) in [5.41, 5.74) is 7.70. The molecule has 1 aliphatic heterocycles. The quantitative estimate of drug-likeness (QED) is 0.455. The number of nitrogens with two attached hydrogens (primary N) is 1. The van der Waals surface area contributed by atoms with Gasteiger partial charge < -0.3 is 15.2 Å². The Morgan fingerprint density at radius 1 is 1.06 bits per heavy atom. The summed E-state index contributed by atoms with van der Waals surface area (Å²) in [4.78, 5) is 31.7. The van der Waals surface area contributed by atoms with E-state index in [9.17, 15) is 9.59 Å². The van der Waals surface area contributed by atoms with E-state index in [0.29, 0.717) is 21.6 Å². The topological polar surface area (TPSA) is 94.2 Å². The standard InChI is InChI=1S/C27H25N3O4S/c1-18(20-9-5-3-6-10-20)30-26(32)24(35-27(30)29-21-11-7-4-8-12-21)16-19-13-14-22(23(15-19)33-2)34-17-25(28)31/h3-16,18H,17H2,1-2H3,(H2,28,31)/b24-16+,29-27?/t18-/m1/s1. The Morgan fingerprint density at radius 2 is 1.74 bits per heavy atom. The minimum Gasteiger partial charge on any atom is -0.493 e. The molecule has 1 aliphatic rings. The van der Waals surface area contributed by atoms with Crippen molar-refractivity contribution in [3.05, 3.63) is 94.9 Å². The molecule has 2 amide bonds. The van der Waals surface area contributed by atoms with Gasteiger partial charge in [0.2, 0.25) is 0 Å². The second kappa shape index (κ2) is 10.9. The fourth-order valence-corrected chi connectivity index (χ4v) is 4.66. The molecule has 0 aliphatic carbocycles. The molecule has 178 valence electrons. The molecule has 3 aromatic carbocycles. The second-order valence-electron chi connectivity index (χ2n) is 7.77. The molecule has 35 heavy (non-hydrogen) atoms. The van der Waals surface area contributed by atoms with Gasteiger partial charge in [-0.1, -0.05) is 54.6 Å². The first-order valence-corrected chi connectivity index (χ1v) is 11.8. The molecular weight excluding hydrogens is 462 g/mol. The Balaban J connectivity index is 1.69. The van der Waals surface area contributed by atoms with E-state index in [0.717, 1.165) is 16.8 Å². The van der Waals surface area contributed by atoms with Crippen LogP contribution in [0, 0.1) is 0 Å². The fourth-order valence-electron chi connectivity index (χ4n) is 3.59. The molecule has 0 radical (unpaired) electrons. The van der Waals surface area contributed by atoms with Gasteiger partial charge in [0.1, 0.15) is 0 Å². The Morgan fingerprint density at radius 3 is 2.40 bits per heavy atom. The third-order valence-corrected chi connectivity index (χ3v) is 6.33. The lowest BCUT2D eigenvalue weighted by molar-refractivity contribution is -0.123. The lowest BCUT2D eigenvalue weighted by atomic mass is 10.1. The van der Waals surface area contributed by atoms with Crippen LogP contribution in [0.25, 0.3) is 6.08 Å². The Hall–Kier alpha value is -4.04. The van der Waals surface area contributed by atoms with Gasteiger partial charge in [-0.2, -0.15) is 0 Å². The zero-order chi connectivity index (χ0) is 24.8. The average molecular weight is 488 g/mol.